The van der Waals surface area contributed by atoms with Gasteiger partial charge in [0.2, 0.25) is 24.1 Å². The van der Waals surface area contributed by atoms with E-state index in [9.17, 15) is 0 Å². The smallest absolute Gasteiger partial charge is 0.294 e. The molecule has 0 radical (unpaired) electrons. The summed E-state index contributed by atoms with van der Waals surface area (Å²) < 4.78 is 13.8. The summed E-state index contributed by atoms with van der Waals surface area (Å²) in [5.74, 6) is 1.90. The number of nitrogens with one attached hydrogen (secondary N) is 1. The van der Waals surface area contributed by atoms with Gasteiger partial charge in [-0.25, -0.2) is 4.57 Å². The van der Waals surface area contributed by atoms with Crippen molar-refractivity contribution in [1.82, 2.24) is 15.0 Å². The summed E-state index contributed by atoms with van der Waals surface area (Å²) in [4.78, 5) is 14.7. The molecule has 10 heteroatoms. The Hall–Kier alpha value is -2.30. The third-order valence-electron chi connectivity index (χ3n) is 4.34. The highest BCUT2D eigenvalue weighted by molar-refractivity contribution is 9.10. The molecule has 0 saturated carbocycles. The number of imidazole rings is 1. The fraction of sp³-hybridized carbons (Fsp3) is 0.167. The summed E-state index contributed by atoms with van der Waals surface area (Å²) >= 11 is 6.83. The molecule has 0 atom stereocenters. The number of hydrogen-bond donors (Lipinski definition) is 2. The zero-order chi connectivity index (χ0) is 19.1. The van der Waals surface area contributed by atoms with Crippen molar-refractivity contribution in [3.8, 4) is 11.5 Å². The van der Waals surface area contributed by atoms with Crippen LogP contribution in [-0.4, -0.2) is 21.7 Å². The number of benzene rings is 1. The van der Waals surface area contributed by atoms with Crippen molar-refractivity contribution in [2.45, 2.75) is 23.0 Å². The molecule has 28 heavy (non-hydrogen) atoms. The zero-order valence-electron chi connectivity index (χ0n) is 14.5. The number of aromatic nitrogens is 4. The van der Waals surface area contributed by atoms with Crippen LogP contribution in [0.15, 0.2) is 50.5 Å². The van der Waals surface area contributed by atoms with Gasteiger partial charge in [0.1, 0.15) is 0 Å². The molecule has 7 nitrogen and oxygen atoms in total. The molecule has 4 heterocycles. The Labute approximate surface area is 177 Å². The number of hydrogen-bond acceptors (Lipinski definition) is 7. The average molecular weight is 477 g/mol. The van der Waals surface area contributed by atoms with Gasteiger partial charge in [0, 0.05) is 20.7 Å². The van der Waals surface area contributed by atoms with Crippen LogP contribution >= 0.6 is 39.0 Å². The van der Waals surface area contributed by atoms with Crippen molar-refractivity contribution in [3.63, 3.8) is 0 Å². The molecular formula is C18H15BrN5O2S2+. The fourth-order valence-corrected chi connectivity index (χ4v) is 5.04. The van der Waals surface area contributed by atoms with Crippen LogP contribution in [0.2, 0.25) is 0 Å². The van der Waals surface area contributed by atoms with Gasteiger partial charge >= 0.3 is 0 Å². The van der Waals surface area contributed by atoms with E-state index in [2.05, 4.69) is 43.4 Å². The molecule has 1 aliphatic heterocycles. The lowest BCUT2D eigenvalue weighted by atomic mass is 10.3. The van der Waals surface area contributed by atoms with E-state index in [-0.39, 0.29) is 6.79 Å². The second-order valence-electron chi connectivity index (χ2n) is 6.13. The summed E-state index contributed by atoms with van der Waals surface area (Å²) in [5.41, 5.74) is 7.62. The average Bonchev–Trinajstić information content (AvgIpc) is 3.42. The van der Waals surface area contributed by atoms with Crippen molar-refractivity contribution in [2.75, 3.05) is 12.5 Å². The Morgan fingerprint density at radius 2 is 2.18 bits per heavy atom. The van der Waals surface area contributed by atoms with E-state index in [1.165, 1.54) is 16.6 Å². The van der Waals surface area contributed by atoms with Gasteiger partial charge in [-0.05, 0) is 51.3 Å². The van der Waals surface area contributed by atoms with Crippen LogP contribution in [-0.2, 0) is 13.0 Å². The number of halogens is 1. The Bertz CT molecular complexity index is 1160. The standard InChI is InChI=1S/C18H14BrN5O2S2/c19-11-6-12-13(26-9-25-12)7-14(11)28-18-22-15-16(20)21-8-24(17(15)23-18)4-3-10-2-1-5-27-10/h1-2,5-8H,3-4,9H2,(H2,20,22,23)/p+1. The van der Waals surface area contributed by atoms with E-state index < -0.39 is 0 Å². The van der Waals surface area contributed by atoms with Gasteiger partial charge in [-0.1, -0.05) is 16.0 Å². The maximum Gasteiger partial charge on any atom is 0.294 e. The molecule has 0 aliphatic carbocycles. The zero-order valence-corrected chi connectivity index (χ0v) is 17.7. The predicted molar refractivity (Wildman–Crippen MR) is 111 cm³/mol. The van der Waals surface area contributed by atoms with Crippen molar-refractivity contribution >= 4 is 56.0 Å². The Morgan fingerprint density at radius 1 is 1.32 bits per heavy atom. The molecule has 0 amide bonds. The quantitative estimate of drug-likeness (QED) is 0.426. The highest BCUT2D eigenvalue weighted by Crippen LogP contribution is 2.42. The van der Waals surface area contributed by atoms with E-state index >= 15 is 0 Å². The molecule has 3 aromatic heterocycles. The summed E-state index contributed by atoms with van der Waals surface area (Å²) in [6, 6.07) is 8.05. The van der Waals surface area contributed by atoms with Crippen LogP contribution in [0.4, 0.5) is 5.82 Å². The molecule has 1 aromatic carbocycles. The van der Waals surface area contributed by atoms with Gasteiger partial charge in [0.15, 0.2) is 17.0 Å². The second kappa shape index (κ2) is 7.26. The van der Waals surface area contributed by atoms with Gasteiger partial charge in [-0.15, -0.1) is 11.3 Å². The first-order valence-corrected chi connectivity index (χ1v) is 11.0. The topological polar surface area (TPSA) is 89.9 Å². The largest absolute Gasteiger partial charge is 0.454 e. The van der Waals surface area contributed by atoms with E-state index in [4.69, 9.17) is 20.2 Å². The van der Waals surface area contributed by atoms with Crippen LogP contribution in [0.1, 0.15) is 4.88 Å². The monoisotopic (exact) mass is 476 g/mol. The van der Waals surface area contributed by atoms with Gasteiger partial charge in [0.25, 0.3) is 5.65 Å². The number of nitrogens with zero attached hydrogens (tertiary/aromatic N) is 3. The molecule has 4 aromatic rings. The minimum absolute atomic E-state index is 0.243. The van der Waals surface area contributed by atoms with Crippen molar-refractivity contribution in [3.05, 3.63) is 45.3 Å². The normalized spacial score (nSPS) is 12.8. The lowest BCUT2D eigenvalue weighted by molar-refractivity contribution is -0.675. The number of nitrogen functional groups attached to an aromatic ring is 1. The van der Waals surface area contributed by atoms with Crippen molar-refractivity contribution < 1.29 is 14.0 Å². The number of thiophene rings is 1. The number of fused-ring (bicyclic) bond motifs is 2. The molecule has 5 rings (SSSR count). The summed E-state index contributed by atoms with van der Waals surface area (Å²) in [7, 11) is 0. The number of anilines is 1. The molecule has 0 fully saturated rings. The minimum atomic E-state index is 0.243. The Morgan fingerprint density at radius 3 is 3.00 bits per heavy atom. The fourth-order valence-electron chi connectivity index (χ4n) is 2.96. The summed E-state index contributed by atoms with van der Waals surface area (Å²) in [6.07, 6.45) is 2.67. The lowest BCUT2D eigenvalue weighted by Gasteiger charge is -2.02. The second-order valence-corrected chi connectivity index (χ2v) is 9.05. The van der Waals surface area contributed by atoms with Crippen LogP contribution in [0.25, 0.3) is 11.2 Å². The molecule has 142 valence electrons. The van der Waals surface area contributed by atoms with Crippen LogP contribution < -0.4 is 19.8 Å². The molecular weight excluding hydrogens is 462 g/mol. The predicted octanol–water partition coefficient (Wildman–Crippen LogP) is 3.77. The van der Waals surface area contributed by atoms with Gasteiger partial charge in [-0.3, -0.25) is 0 Å². The third-order valence-corrected chi connectivity index (χ3v) is 7.14. The lowest BCUT2D eigenvalue weighted by Crippen LogP contribution is -2.36. The highest BCUT2D eigenvalue weighted by Gasteiger charge is 2.22. The molecule has 0 bridgehead atoms. The van der Waals surface area contributed by atoms with E-state index in [1.807, 2.05) is 16.7 Å². The van der Waals surface area contributed by atoms with E-state index in [1.54, 1.807) is 17.7 Å². The van der Waals surface area contributed by atoms with E-state index in [0.29, 0.717) is 5.82 Å². The number of nitrogens with two attached hydrogens (primary N) is 1. The first kappa shape index (κ1) is 17.8. The molecule has 1 aliphatic rings. The number of aryl methyl sites for hydroxylation is 2. The third kappa shape index (κ3) is 3.31. The minimum Gasteiger partial charge on any atom is -0.454 e. The van der Waals surface area contributed by atoms with Crippen molar-refractivity contribution in [1.29, 1.82) is 0 Å². The molecule has 3 N–H and O–H groups in total. The molecule has 0 unspecified atom stereocenters. The van der Waals surface area contributed by atoms with Gasteiger partial charge < -0.3 is 20.2 Å². The van der Waals surface area contributed by atoms with Crippen LogP contribution in [0.3, 0.4) is 0 Å². The first-order valence-electron chi connectivity index (χ1n) is 8.50. The highest BCUT2D eigenvalue weighted by atomic mass is 79.9. The summed E-state index contributed by atoms with van der Waals surface area (Å²) in [6.45, 7) is 1.03. The van der Waals surface area contributed by atoms with Crippen LogP contribution in [0.5, 0.6) is 11.5 Å². The molecule has 0 saturated heterocycles. The summed E-state index contributed by atoms with van der Waals surface area (Å²) in [5, 5.41) is 2.82. The number of aromatic amines is 1. The molecule has 0 spiro atoms. The first-order chi connectivity index (χ1) is 13.7. The van der Waals surface area contributed by atoms with Crippen molar-refractivity contribution in [2.24, 2.45) is 0 Å². The van der Waals surface area contributed by atoms with Gasteiger partial charge in [0.05, 0.1) is 6.54 Å². The Kier molecular flexibility index (Phi) is 4.61. The SMILES string of the molecule is Nc1nc[n+](CCc2cccs2)c2nc(Sc3cc4c(cc3Br)OCO4)[nH]c12. The maximum atomic E-state index is 6.08. The number of rotatable bonds is 5. The number of ether oxygens (including phenoxy) is 2. The number of H-pyrrole nitrogens is 1. The van der Waals surface area contributed by atoms with E-state index in [0.717, 1.165) is 50.2 Å². The Balaban J connectivity index is 1.46. The van der Waals surface area contributed by atoms with Gasteiger partial charge in [-0.2, -0.15) is 0 Å². The van der Waals surface area contributed by atoms with Crippen LogP contribution in [0, 0.1) is 0 Å². The maximum absolute atomic E-state index is 6.08.